The van der Waals surface area contributed by atoms with Crippen molar-refractivity contribution < 1.29 is 74.2 Å². The Morgan fingerprint density at radius 1 is 1.02 bits per heavy atom. The zero-order chi connectivity index (χ0) is 32.9. The molecule has 0 spiro atoms. The summed E-state index contributed by atoms with van der Waals surface area (Å²) in [4.78, 5) is 39.1. The van der Waals surface area contributed by atoms with Gasteiger partial charge in [-0.15, -0.1) is 0 Å². The molecule has 2 aliphatic carbocycles. The number of ketones is 1. The molecule has 1 aromatic carbocycles. The number of carbonyl (C=O) groups is 3. The van der Waals surface area contributed by atoms with E-state index in [1.54, 1.807) is 0 Å². The highest BCUT2D eigenvalue weighted by Gasteiger charge is 2.58. The summed E-state index contributed by atoms with van der Waals surface area (Å²) < 4.78 is 22.2. The van der Waals surface area contributed by atoms with Crippen molar-refractivity contribution in [2.75, 3.05) is 13.2 Å². The van der Waals surface area contributed by atoms with E-state index in [1.807, 2.05) is 0 Å². The minimum atomic E-state index is -1.80. The lowest BCUT2D eigenvalue weighted by Crippen LogP contribution is -2.59. The summed E-state index contributed by atoms with van der Waals surface area (Å²) in [5, 5.41) is 81.5. The fourth-order valence-corrected chi connectivity index (χ4v) is 6.17. The lowest BCUT2D eigenvalue weighted by atomic mass is 9.82. The number of Topliss-reactive ketones (excluding diaryl/α,β-unsaturated/α-hetero) is 1. The first-order valence-electron chi connectivity index (χ1n) is 14.1. The van der Waals surface area contributed by atoms with Crippen LogP contribution in [-0.2, 0) is 33.3 Å². The predicted octanol–water partition coefficient (Wildman–Crippen LogP) is -2.05. The van der Waals surface area contributed by atoms with Gasteiger partial charge in [0.05, 0.1) is 25.0 Å². The van der Waals surface area contributed by atoms with Gasteiger partial charge in [-0.05, 0) is 41.8 Å². The smallest absolute Gasteiger partial charge is 0.331 e. The van der Waals surface area contributed by atoms with E-state index in [1.165, 1.54) is 38.1 Å². The Labute approximate surface area is 255 Å². The summed E-state index contributed by atoms with van der Waals surface area (Å²) in [7, 11) is 0. The van der Waals surface area contributed by atoms with Crippen LogP contribution >= 0.6 is 0 Å². The van der Waals surface area contributed by atoms with E-state index < -0.39 is 104 Å². The van der Waals surface area contributed by atoms with Crippen LogP contribution in [0.4, 0.5) is 0 Å². The molecule has 1 aromatic rings. The molecule has 2 fully saturated rings. The Hall–Kier alpha value is -3.67. The molecule has 2 heterocycles. The van der Waals surface area contributed by atoms with Gasteiger partial charge in [0.15, 0.2) is 23.6 Å². The number of hydrogen-bond acceptors (Lipinski definition) is 15. The number of fused-ring (bicyclic) bond motifs is 3. The van der Waals surface area contributed by atoms with E-state index in [0.29, 0.717) is 5.56 Å². The Bertz CT molecular complexity index is 1460. The average molecular weight is 635 g/mol. The van der Waals surface area contributed by atoms with Crippen LogP contribution in [-0.4, -0.2) is 127 Å². The SMILES string of the molecule is CC1=C2C(=O)C(O)C(CO[C@@H]3O[C@H](CO)[C@@H](O)[C@H](O)[C@H]3O)=C2[C@H]2OC(=O)C(C)[C@@H]2[C@H](OC(=O)/C=C/c2ccc(O)c(O)c2)[C@@H]1O. The second-order valence-corrected chi connectivity index (χ2v) is 11.4. The second-order valence-electron chi connectivity index (χ2n) is 11.4. The van der Waals surface area contributed by atoms with Crippen molar-refractivity contribution >= 4 is 23.8 Å². The van der Waals surface area contributed by atoms with Crippen LogP contribution in [0.1, 0.15) is 19.4 Å². The number of benzene rings is 1. The molecule has 15 heteroatoms. The number of rotatable bonds is 7. The molecule has 45 heavy (non-hydrogen) atoms. The molecule has 0 bridgehead atoms. The van der Waals surface area contributed by atoms with E-state index in [2.05, 4.69) is 0 Å². The number of ether oxygens (including phenoxy) is 4. The Morgan fingerprint density at radius 3 is 2.40 bits per heavy atom. The minimum absolute atomic E-state index is 0.0276. The zero-order valence-corrected chi connectivity index (χ0v) is 24.1. The lowest BCUT2D eigenvalue weighted by molar-refractivity contribution is -0.299. The standard InChI is InChI=1S/C30H34O15/c1-10-18-20(13(22(36)24(18)38)9-42-30-26(40)25(39)23(37)16(8-31)43-30)27-19(11(2)29(41)45-27)28(21(10)35)44-17(34)6-4-12-3-5-14(32)15(33)7-12/h3-7,11,16,19,21-23,25-28,30-33,35-37,39-40H,8-9H2,1-2H3/b6-4+/t11?,16-,19+,21-,22?,23-,25+,26-,27+,28+,30-/m1/s1. The molecule has 2 saturated heterocycles. The number of carbonyl (C=O) groups excluding carboxylic acids is 3. The van der Waals surface area contributed by atoms with E-state index in [0.717, 1.165) is 6.08 Å². The summed E-state index contributed by atoms with van der Waals surface area (Å²) >= 11 is 0. The fourth-order valence-electron chi connectivity index (χ4n) is 6.17. The first kappa shape index (κ1) is 32.7. The monoisotopic (exact) mass is 634 g/mol. The quantitative estimate of drug-likeness (QED) is 0.0913. The Balaban J connectivity index is 1.46. The molecule has 11 atom stereocenters. The first-order chi connectivity index (χ1) is 21.3. The molecule has 0 saturated carbocycles. The third kappa shape index (κ3) is 5.77. The average Bonchev–Trinajstić information content (AvgIpc) is 3.41. The molecule has 0 amide bonds. The van der Waals surface area contributed by atoms with Gasteiger partial charge < -0.3 is 59.8 Å². The molecule has 5 rings (SSSR count). The van der Waals surface area contributed by atoms with Gasteiger partial charge in [-0.2, -0.15) is 0 Å². The van der Waals surface area contributed by atoms with Gasteiger partial charge in [0.1, 0.15) is 48.8 Å². The van der Waals surface area contributed by atoms with E-state index >= 15 is 0 Å². The molecular weight excluding hydrogens is 600 g/mol. The highest BCUT2D eigenvalue weighted by Crippen LogP contribution is 2.48. The van der Waals surface area contributed by atoms with E-state index in [9.17, 15) is 55.2 Å². The van der Waals surface area contributed by atoms with Crippen molar-refractivity contribution in [2.45, 2.75) is 69.0 Å². The maximum atomic E-state index is 13.4. The van der Waals surface area contributed by atoms with Gasteiger partial charge >= 0.3 is 11.9 Å². The number of phenols is 2. The first-order valence-corrected chi connectivity index (χ1v) is 14.1. The van der Waals surface area contributed by atoms with Gasteiger partial charge in [0.25, 0.3) is 0 Å². The number of aliphatic hydroxyl groups is 6. The minimum Gasteiger partial charge on any atom is -0.504 e. The van der Waals surface area contributed by atoms with Crippen LogP contribution in [0.15, 0.2) is 46.6 Å². The summed E-state index contributed by atoms with van der Waals surface area (Å²) in [6, 6.07) is 3.84. The van der Waals surface area contributed by atoms with Crippen LogP contribution in [0.25, 0.3) is 6.08 Å². The largest absolute Gasteiger partial charge is 0.504 e. The third-order valence-corrected chi connectivity index (χ3v) is 8.71. The predicted molar refractivity (Wildman–Crippen MR) is 148 cm³/mol. The molecule has 2 unspecified atom stereocenters. The maximum absolute atomic E-state index is 13.4. The van der Waals surface area contributed by atoms with Gasteiger partial charge in [-0.3, -0.25) is 9.59 Å². The molecule has 8 N–H and O–H groups in total. The van der Waals surface area contributed by atoms with Crippen LogP contribution < -0.4 is 0 Å². The highest BCUT2D eigenvalue weighted by molar-refractivity contribution is 6.09. The summed E-state index contributed by atoms with van der Waals surface area (Å²) in [5.74, 6) is -5.25. The summed E-state index contributed by atoms with van der Waals surface area (Å²) in [6.45, 7) is 1.58. The van der Waals surface area contributed by atoms with Crippen LogP contribution in [0.5, 0.6) is 11.5 Å². The van der Waals surface area contributed by atoms with Gasteiger partial charge in [-0.25, -0.2) is 4.79 Å². The molecule has 244 valence electrons. The molecule has 0 aromatic heterocycles. The number of esters is 2. The Kier molecular flexibility index (Phi) is 9.17. The summed E-state index contributed by atoms with van der Waals surface area (Å²) in [5.41, 5.74) is 0.169. The van der Waals surface area contributed by atoms with Gasteiger partial charge in [0.2, 0.25) is 0 Å². The number of hydrogen-bond donors (Lipinski definition) is 8. The van der Waals surface area contributed by atoms with Crippen molar-refractivity contribution in [3.63, 3.8) is 0 Å². The van der Waals surface area contributed by atoms with Gasteiger partial charge in [-0.1, -0.05) is 13.0 Å². The number of aromatic hydroxyl groups is 2. The third-order valence-electron chi connectivity index (χ3n) is 8.71. The van der Waals surface area contributed by atoms with E-state index in [-0.39, 0.29) is 28.0 Å². The van der Waals surface area contributed by atoms with Crippen LogP contribution in [0.2, 0.25) is 0 Å². The topological polar surface area (TPSA) is 250 Å². The normalized spacial score (nSPS) is 36.7. The maximum Gasteiger partial charge on any atom is 0.331 e. The fraction of sp³-hybridized carbons (Fsp3) is 0.500. The summed E-state index contributed by atoms with van der Waals surface area (Å²) in [6.07, 6.45) is -11.8. The van der Waals surface area contributed by atoms with Crippen LogP contribution in [0.3, 0.4) is 0 Å². The molecule has 0 radical (unpaired) electrons. The Morgan fingerprint density at radius 2 is 1.73 bits per heavy atom. The number of aliphatic hydroxyl groups excluding tert-OH is 6. The molecule has 15 nitrogen and oxygen atoms in total. The molecule has 2 aliphatic heterocycles. The molecular formula is C30H34O15. The van der Waals surface area contributed by atoms with Crippen molar-refractivity contribution in [1.29, 1.82) is 0 Å². The van der Waals surface area contributed by atoms with Crippen molar-refractivity contribution in [3.8, 4) is 11.5 Å². The molecule has 4 aliphatic rings. The van der Waals surface area contributed by atoms with Crippen molar-refractivity contribution in [3.05, 3.63) is 52.1 Å². The van der Waals surface area contributed by atoms with E-state index in [4.69, 9.17) is 18.9 Å². The highest BCUT2D eigenvalue weighted by atomic mass is 16.7. The number of phenolic OH excluding ortho intramolecular Hbond substituents is 2. The lowest BCUT2D eigenvalue weighted by Gasteiger charge is -2.39. The zero-order valence-electron chi connectivity index (χ0n) is 24.1. The second kappa shape index (κ2) is 12.6. The van der Waals surface area contributed by atoms with Crippen molar-refractivity contribution in [2.24, 2.45) is 11.8 Å². The van der Waals surface area contributed by atoms with Crippen LogP contribution in [0, 0.1) is 11.8 Å². The van der Waals surface area contributed by atoms with Gasteiger partial charge in [0, 0.05) is 17.2 Å². The van der Waals surface area contributed by atoms with Crippen molar-refractivity contribution in [1.82, 2.24) is 0 Å².